The molecule has 3 N–H and O–H groups in total. The van der Waals surface area contributed by atoms with Crippen LogP contribution in [0.5, 0.6) is 11.5 Å². The molecular weight excluding hydrogens is 322 g/mol. The van der Waals surface area contributed by atoms with Crippen LogP contribution in [0.3, 0.4) is 0 Å². The lowest BCUT2D eigenvalue weighted by atomic mass is 9.78. The molecule has 5 heteroatoms. The summed E-state index contributed by atoms with van der Waals surface area (Å²) >= 11 is 3.50. The quantitative estimate of drug-likeness (QED) is 0.881. The number of hydrogen-bond donors (Lipinski definition) is 2. The van der Waals surface area contributed by atoms with Crippen molar-refractivity contribution in [3.05, 3.63) is 22.2 Å². The van der Waals surface area contributed by atoms with Gasteiger partial charge in [0.2, 0.25) is 0 Å². The Hall–Kier alpha value is -0.780. The molecule has 0 spiro atoms. The molecule has 0 radical (unpaired) electrons. The average molecular weight is 344 g/mol. The predicted octanol–water partition coefficient (Wildman–Crippen LogP) is 3.02. The Labute approximate surface area is 128 Å². The van der Waals surface area contributed by atoms with E-state index in [0.29, 0.717) is 31.3 Å². The van der Waals surface area contributed by atoms with Crippen molar-refractivity contribution in [2.24, 2.45) is 11.1 Å². The van der Waals surface area contributed by atoms with Crippen molar-refractivity contribution in [1.29, 1.82) is 0 Å². The third-order valence-electron chi connectivity index (χ3n) is 4.07. The Balaban J connectivity index is 2.38. The van der Waals surface area contributed by atoms with Crippen LogP contribution >= 0.6 is 15.9 Å². The molecule has 0 aliphatic carbocycles. The van der Waals surface area contributed by atoms with Gasteiger partial charge in [-0.1, -0.05) is 13.8 Å². The fourth-order valence-corrected chi connectivity index (χ4v) is 2.83. The molecule has 0 saturated carbocycles. The maximum Gasteiger partial charge on any atom is 0.175 e. The Morgan fingerprint density at radius 2 is 2.10 bits per heavy atom. The van der Waals surface area contributed by atoms with Gasteiger partial charge < -0.3 is 20.3 Å². The molecule has 0 amide bonds. The normalized spacial score (nSPS) is 19.1. The lowest BCUT2D eigenvalue weighted by Gasteiger charge is -2.33. The summed E-state index contributed by atoms with van der Waals surface area (Å²) in [5.74, 6) is 1.39. The number of hydrogen-bond acceptors (Lipinski definition) is 4. The Kier molecular flexibility index (Phi) is 4.94. The summed E-state index contributed by atoms with van der Waals surface area (Å²) in [4.78, 5) is 0. The van der Waals surface area contributed by atoms with Gasteiger partial charge in [-0.2, -0.15) is 0 Å². The number of aliphatic hydroxyl groups is 1. The summed E-state index contributed by atoms with van der Waals surface area (Å²) < 4.78 is 12.2. The first kappa shape index (κ1) is 15.6. The summed E-state index contributed by atoms with van der Waals surface area (Å²) in [5.41, 5.74) is 6.28. The summed E-state index contributed by atoms with van der Waals surface area (Å²) in [6.45, 7) is 5.73. The predicted molar refractivity (Wildman–Crippen MR) is 82.2 cm³/mol. The molecule has 0 aromatic heterocycles. The standard InChI is InChI=1S/C15H22BrNO3/c1-3-15(2,9-17)14(18)10-7-11(16)13-12(8-10)19-5-4-6-20-13/h7-8,14,18H,3-6,9,17H2,1-2H3. The van der Waals surface area contributed by atoms with Crippen molar-refractivity contribution >= 4 is 15.9 Å². The van der Waals surface area contributed by atoms with E-state index in [1.165, 1.54) is 0 Å². The highest BCUT2D eigenvalue weighted by Gasteiger charge is 2.32. The molecule has 0 saturated heterocycles. The van der Waals surface area contributed by atoms with Crippen LogP contribution < -0.4 is 15.2 Å². The van der Waals surface area contributed by atoms with Gasteiger partial charge in [-0.15, -0.1) is 0 Å². The monoisotopic (exact) mass is 343 g/mol. The number of benzene rings is 1. The molecule has 2 unspecified atom stereocenters. The van der Waals surface area contributed by atoms with E-state index in [0.717, 1.165) is 22.9 Å². The van der Waals surface area contributed by atoms with Crippen LogP contribution in [0.15, 0.2) is 16.6 Å². The van der Waals surface area contributed by atoms with Gasteiger partial charge in [0.15, 0.2) is 11.5 Å². The topological polar surface area (TPSA) is 64.7 Å². The molecule has 1 aromatic rings. The molecule has 1 aliphatic heterocycles. The van der Waals surface area contributed by atoms with Crippen LogP contribution in [0.25, 0.3) is 0 Å². The molecular formula is C15H22BrNO3. The van der Waals surface area contributed by atoms with Crippen molar-refractivity contribution in [3.8, 4) is 11.5 Å². The third kappa shape index (κ3) is 2.95. The lowest BCUT2D eigenvalue weighted by Crippen LogP contribution is -2.33. The van der Waals surface area contributed by atoms with E-state index in [2.05, 4.69) is 15.9 Å². The van der Waals surface area contributed by atoms with E-state index < -0.39 is 6.10 Å². The second-order valence-electron chi connectivity index (χ2n) is 5.49. The Morgan fingerprint density at radius 3 is 2.75 bits per heavy atom. The minimum atomic E-state index is -0.633. The maximum atomic E-state index is 10.6. The van der Waals surface area contributed by atoms with Crippen molar-refractivity contribution in [1.82, 2.24) is 0 Å². The zero-order valence-corrected chi connectivity index (χ0v) is 13.6. The van der Waals surface area contributed by atoms with Crippen LogP contribution in [-0.4, -0.2) is 24.9 Å². The number of ether oxygens (including phenoxy) is 2. The lowest BCUT2D eigenvalue weighted by molar-refractivity contribution is 0.0389. The molecule has 20 heavy (non-hydrogen) atoms. The number of nitrogens with two attached hydrogens (primary N) is 1. The van der Waals surface area contributed by atoms with Gasteiger partial charge in [0.05, 0.1) is 23.8 Å². The molecule has 4 nitrogen and oxygen atoms in total. The first-order chi connectivity index (χ1) is 9.51. The van der Waals surface area contributed by atoms with E-state index in [4.69, 9.17) is 15.2 Å². The molecule has 1 aliphatic rings. The van der Waals surface area contributed by atoms with E-state index in [-0.39, 0.29) is 5.41 Å². The van der Waals surface area contributed by atoms with Gasteiger partial charge in [0, 0.05) is 18.4 Å². The SMILES string of the molecule is CCC(C)(CN)C(O)c1cc(Br)c2c(c1)OCCCO2. The van der Waals surface area contributed by atoms with Gasteiger partial charge in [0.25, 0.3) is 0 Å². The number of fused-ring (bicyclic) bond motifs is 1. The molecule has 112 valence electrons. The van der Waals surface area contributed by atoms with Gasteiger partial charge in [0.1, 0.15) is 0 Å². The van der Waals surface area contributed by atoms with Gasteiger partial charge >= 0.3 is 0 Å². The highest BCUT2D eigenvalue weighted by molar-refractivity contribution is 9.10. The minimum absolute atomic E-state index is 0.348. The summed E-state index contributed by atoms with van der Waals surface area (Å²) in [5, 5.41) is 10.6. The number of halogens is 1. The average Bonchev–Trinajstić information content (AvgIpc) is 2.71. The van der Waals surface area contributed by atoms with E-state index in [9.17, 15) is 5.11 Å². The van der Waals surface area contributed by atoms with E-state index in [1.807, 2.05) is 26.0 Å². The molecule has 2 rings (SSSR count). The van der Waals surface area contributed by atoms with E-state index in [1.54, 1.807) is 0 Å². The summed E-state index contributed by atoms with van der Waals surface area (Å²) in [7, 11) is 0. The van der Waals surface area contributed by atoms with Crippen LogP contribution in [0.2, 0.25) is 0 Å². The summed E-state index contributed by atoms with van der Waals surface area (Å²) in [6.07, 6.45) is 1.02. The van der Waals surface area contributed by atoms with Gasteiger partial charge in [-0.05, 0) is 40.0 Å². The van der Waals surface area contributed by atoms with Gasteiger partial charge in [-0.25, -0.2) is 0 Å². The smallest absolute Gasteiger partial charge is 0.175 e. The first-order valence-electron chi connectivity index (χ1n) is 6.99. The molecule has 0 bridgehead atoms. The Bertz CT molecular complexity index is 474. The van der Waals surface area contributed by atoms with Crippen molar-refractivity contribution in [2.75, 3.05) is 19.8 Å². The fraction of sp³-hybridized carbons (Fsp3) is 0.600. The summed E-state index contributed by atoms with van der Waals surface area (Å²) in [6, 6.07) is 3.75. The molecule has 1 aromatic carbocycles. The zero-order valence-electron chi connectivity index (χ0n) is 12.0. The second kappa shape index (κ2) is 6.33. The minimum Gasteiger partial charge on any atom is -0.490 e. The molecule has 2 atom stereocenters. The maximum absolute atomic E-state index is 10.6. The first-order valence-corrected chi connectivity index (χ1v) is 7.78. The van der Waals surface area contributed by atoms with Crippen LogP contribution in [0.1, 0.15) is 38.4 Å². The number of aliphatic hydroxyl groups excluding tert-OH is 1. The largest absolute Gasteiger partial charge is 0.490 e. The Morgan fingerprint density at radius 1 is 1.40 bits per heavy atom. The fourth-order valence-electron chi connectivity index (χ4n) is 2.26. The zero-order chi connectivity index (χ0) is 14.8. The highest BCUT2D eigenvalue weighted by Crippen LogP contribution is 2.43. The molecule has 0 fully saturated rings. The number of rotatable bonds is 4. The van der Waals surface area contributed by atoms with Crippen molar-refractivity contribution in [2.45, 2.75) is 32.8 Å². The third-order valence-corrected chi connectivity index (χ3v) is 4.66. The van der Waals surface area contributed by atoms with Crippen LogP contribution in [-0.2, 0) is 0 Å². The molecule has 1 heterocycles. The van der Waals surface area contributed by atoms with Crippen molar-refractivity contribution in [3.63, 3.8) is 0 Å². The van der Waals surface area contributed by atoms with E-state index >= 15 is 0 Å². The second-order valence-corrected chi connectivity index (χ2v) is 6.35. The van der Waals surface area contributed by atoms with Crippen LogP contribution in [0, 0.1) is 5.41 Å². The highest BCUT2D eigenvalue weighted by atomic mass is 79.9. The van der Waals surface area contributed by atoms with Crippen LogP contribution in [0.4, 0.5) is 0 Å². The van der Waals surface area contributed by atoms with Crippen molar-refractivity contribution < 1.29 is 14.6 Å². The van der Waals surface area contributed by atoms with Gasteiger partial charge in [-0.3, -0.25) is 0 Å².